The Balaban J connectivity index is 1.67. The summed E-state index contributed by atoms with van der Waals surface area (Å²) in [5, 5.41) is 3.94. The maximum atomic E-state index is 13.0. The molecule has 6 heteroatoms. The molecule has 0 amide bonds. The normalized spacial score (nSPS) is 10.6. The molecule has 0 aliphatic rings. The molecule has 0 aliphatic carbocycles. The monoisotopic (exact) mass is 497 g/mol. The molecule has 0 unspecified atom stereocenters. The minimum absolute atomic E-state index is 0.249. The van der Waals surface area contributed by atoms with Gasteiger partial charge < -0.3 is 10.1 Å². The third kappa shape index (κ3) is 5.00. The van der Waals surface area contributed by atoms with Crippen molar-refractivity contribution < 1.29 is 9.13 Å². The third-order valence-corrected chi connectivity index (χ3v) is 5.28. The largest absolute Gasteiger partial charge is 0.486 e. The Kier molecular flexibility index (Phi) is 6.57. The van der Waals surface area contributed by atoms with Gasteiger partial charge in [-0.3, -0.25) is 0 Å². The molecule has 0 radical (unpaired) electrons. The van der Waals surface area contributed by atoms with E-state index in [1.807, 2.05) is 36.4 Å². The molecule has 0 heterocycles. The van der Waals surface area contributed by atoms with Gasteiger partial charge in [0.2, 0.25) is 0 Å². The van der Waals surface area contributed by atoms with E-state index >= 15 is 0 Å². The number of nitrogens with one attached hydrogen (secondary N) is 1. The molecule has 134 valence electrons. The SMILES string of the molecule is Fc1ccc(NCc2cc(Br)c(OCc3ccccc3Cl)c(Br)c2)cc1. The Morgan fingerprint density at radius 2 is 1.62 bits per heavy atom. The van der Waals surface area contributed by atoms with Crippen molar-refractivity contribution >= 4 is 49.1 Å². The van der Waals surface area contributed by atoms with Gasteiger partial charge in [-0.1, -0.05) is 29.8 Å². The molecule has 0 saturated heterocycles. The molecule has 1 N–H and O–H groups in total. The summed E-state index contributed by atoms with van der Waals surface area (Å²) in [6.07, 6.45) is 0. The zero-order chi connectivity index (χ0) is 18.5. The van der Waals surface area contributed by atoms with Crippen molar-refractivity contribution in [1.82, 2.24) is 0 Å². The summed E-state index contributed by atoms with van der Waals surface area (Å²) < 4.78 is 20.6. The quantitative estimate of drug-likeness (QED) is 0.387. The predicted molar refractivity (Wildman–Crippen MR) is 111 cm³/mol. The molecule has 0 aliphatic heterocycles. The van der Waals surface area contributed by atoms with Crippen molar-refractivity contribution in [3.63, 3.8) is 0 Å². The summed E-state index contributed by atoms with van der Waals surface area (Å²) in [5.74, 6) is 0.469. The molecule has 0 fully saturated rings. The van der Waals surface area contributed by atoms with Gasteiger partial charge in [-0.2, -0.15) is 0 Å². The smallest absolute Gasteiger partial charge is 0.148 e. The Morgan fingerprint density at radius 1 is 0.962 bits per heavy atom. The first-order chi connectivity index (χ1) is 12.5. The van der Waals surface area contributed by atoms with Crippen molar-refractivity contribution in [3.8, 4) is 5.75 Å². The summed E-state index contributed by atoms with van der Waals surface area (Å²) in [5.41, 5.74) is 2.84. The molecule has 0 spiro atoms. The van der Waals surface area contributed by atoms with Gasteiger partial charge in [0, 0.05) is 22.8 Å². The fraction of sp³-hybridized carbons (Fsp3) is 0.100. The van der Waals surface area contributed by atoms with Gasteiger partial charge in [0.05, 0.1) is 8.95 Å². The zero-order valence-electron chi connectivity index (χ0n) is 13.6. The Hall–Kier alpha value is -1.56. The fourth-order valence-electron chi connectivity index (χ4n) is 2.39. The molecule has 2 nitrogen and oxygen atoms in total. The van der Waals surface area contributed by atoms with E-state index in [1.54, 1.807) is 12.1 Å². The highest BCUT2D eigenvalue weighted by Gasteiger charge is 2.10. The molecule has 3 aromatic rings. The average molecular weight is 500 g/mol. The molecule has 0 aromatic heterocycles. The van der Waals surface area contributed by atoms with E-state index in [9.17, 15) is 4.39 Å². The van der Waals surface area contributed by atoms with Crippen LogP contribution >= 0.6 is 43.5 Å². The molecule has 0 bridgehead atoms. The number of rotatable bonds is 6. The summed E-state index contributed by atoms with van der Waals surface area (Å²) in [4.78, 5) is 0. The lowest BCUT2D eigenvalue weighted by atomic mass is 10.2. The highest BCUT2D eigenvalue weighted by atomic mass is 79.9. The van der Waals surface area contributed by atoms with Crippen LogP contribution in [0.1, 0.15) is 11.1 Å². The molecule has 0 atom stereocenters. The van der Waals surface area contributed by atoms with Gasteiger partial charge in [-0.15, -0.1) is 0 Å². The van der Waals surface area contributed by atoms with Crippen molar-refractivity contribution in [2.75, 3.05) is 5.32 Å². The van der Waals surface area contributed by atoms with Gasteiger partial charge in [0.1, 0.15) is 18.2 Å². The molecular weight excluding hydrogens is 484 g/mol. The van der Waals surface area contributed by atoms with Crippen LogP contribution in [0.3, 0.4) is 0 Å². The van der Waals surface area contributed by atoms with Crippen LogP contribution in [0, 0.1) is 5.82 Å². The number of hydrogen-bond donors (Lipinski definition) is 1. The van der Waals surface area contributed by atoms with Crippen LogP contribution < -0.4 is 10.1 Å². The number of ether oxygens (including phenoxy) is 1. The first-order valence-electron chi connectivity index (χ1n) is 7.86. The second-order valence-corrected chi connectivity index (χ2v) is 7.74. The molecular formula is C20H15Br2ClFNO. The lowest BCUT2D eigenvalue weighted by molar-refractivity contribution is 0.302. The van der Waals surface area contributed by atoms with Crippen LogP contribution in [0.2, 0.25) is 5.02 Å². The molecule has 3 aromatic carbocycles. The Bertz CT molecular complexity index is 880. The van der Waals surface area contributed by atoms with E-state index in [-0.39, 0.29) is 5.82 Å². The number of hydrogen-bond acceptors (Lipinski definition) is 2. The predicted octanol–water partition coefficient (Wildman–Crippen LogP) is 7.20. The van der Waals surface area contributed by atoms with Crippen molar-refractivity contribution in [2.24, 2.45) is 0 Å². The number of benzene rings is 3. The van der Waals surface area contributed by atoms with Crippen molar-refractivity contribution in [3.05, 3.63) is 91.6 Å². The van der Waals surface area contributed by atoms with E-state index < -0.39 is 0 Å². The Morgan fingerprint density at radius 3 is 2.27 bits per heavy atom. The van der Waals surface area contributed by atoms with Gasteiger partial charge in [0.15, 0.2) is 0 Å². The highest BCUT2D eigenvalue weighted by molar-refractivity contribution is 9.11. The topological polar surface area (TPSA) is 21.3 Å². The summed E-state index contributed by atoms with van der Waals surface area (Å²) >= 11 is 13.3. The van der Waals surface area contributed by atoms with Crippen LogP contribution in [0.25, 0.3) is 0 Å². The first-order valence-corrected chi connectivity index (χ1v) is 9.83. The fourth-order valence-corrected chi connectivity index (χ4v) is 4.09. The summed E-state index contributed by atoms with van der Waals surface area (Å²) in [6.45, 7) is 0.984. The second-order valence-electron chi connectivity index (χ2n) is 5.63. The molecule has 26 heavy (non-hydrogen) atoms. The lowest BCUT2D eigenvalue weighted by Crippen LogP contribution is -2.02. The summed E-state index contributed by atoms with van der Waals surface area (Å²) in [6, 6.07) is 17.9. The van der Waals surface area contributed by atoms with E-state index in [4.69, 9.17) is 16.3 Å². The highest BCUT2D eigenvalue weighted by Crippen LogP contribution is 2.36. The molecule has 3 rings (SSSR count). The number of anilines is 1. The van der Waals surface area contributed by atoms with E-state index in [0.717, 1.165) is 31.5 Å². The van der Waals surface area contributed by atoms with Crippen molar-refractivity contribution in [1.29, 1.82) is 0 Å². The summed E-state index contributed by atoms with van der Waals surface area (Å²) in [7, 11) is 0. The second kappa shape index (κ2) is 8.89. The Labute approximate surface area is 173 Å². The zero-order valence-corrected chi connectivity index (χ0v) is 17.5. The number of halogens is 4. The lowest BCUT2D eigenvalue weighted by Gasteiger charge is -2.14. The van der Waals surface area contributed by atoms with Gasteiger partial charge in [-0.25, -0.2) is 4.39 Å². The van der Waals surface area contributed by atoms with E-state index in [2.05, 4.69) is 37.2 Å². The minimum atomic E-state index is -0.249. The standard InChI is InChI=1S/C20H15Br2ClFNO/c21-17-9-13(11-25-16-7-5-15(24)6-8-16)10-18(22)20(17)26-12-14-3-1-2-4-19(14)23/h1-10,25H,11-12H2. The van der Waals surface area contributed by atoms with E-state index in [0.29, 0.717) is 18.2 Å². The van der Waals surface area contributed by atoms with Crippen LogP contribution in [0.4, 0.5) is 10.1 Å². The molecule has 0 saturated carbocycles. The third-order valence-electron chi connectivity index (χ3n) is 3.73. The average Bonchev–Trinajstić information content (AvgIpc) is 2.62. The van der Waals surface area contributed by atoms with Crippen molar-refractivity contribution in [2.45, 2.75) is 13.2 Å². The van der Waals surface area contributed by atoms with Crippen LogP contribution in [0.5, 0.6) is 5.75 Å². The van der Waals surface area contributed by atoms with Crippen LogP contribution in [0.15, 0.2) is 69.6 Å². The maximum absolute atomic E-state index is 13.0. The first kappa shape index (κ1) is 19.2. The van der Waals surface area contributed by atoms with Crippen LogP contribution in [-0.4, -0.2) is 0 Å². The maximum Gasteiger partial charge on any atom is 0.148 e. The minimum Gasteiger partial charge on any atom is -0.486 e. The van der Waals surface area contributed by atoms with Gasteiger partial charge >= 0.3 is 0 Å². The van der Waals surface area contributed by atoms with Gasteiger partial charge in [-0.05, 0) is 79.9 Å². The van der Waals surface area contributed by atoms with E-state index in [1.165, 1.54) is 12.1 Å². The van der Waals surface area contributed by atoms with Crippen LogP contribution in [-0.2, 0) is 13.2 Å². The van der Waals surface area contributed by atoms with Gasteiger partial charge in [0.25, 0.3) is 0 Å².